The summed E-state index contributed by atoms with van der Waals surface area (Å²) in [4.78, 5) is 0. The number of rotatable bonds is 4. The smallest absolute Gasteiger partial charge is 0.124 e. The monoisotopic (exact) mass is 181 g/mol. The quantitative estimate of drug-likeness (QED) is 0.771. The zero-order valence-corrected chi connectivity index (χ0v) is 7.51. The van der Waals surface area contributed by atoms with Crippen molar-refractivity contribution in [2.75, 3.05) is 12.4 Å². The minimum Gasteiger partial charge on any atom is -0.496 e. The van der Waals surface area contributed by atoms with E-state index in [1.54, 1.807) is 24.4 Å². The third-order valence-electron chi connectivity index (χ3n) is 1.69. The van der Waals surface area contributed by atoms with Crippen molar-refractivity contribution >= 4 is 5.69 Å². The predicted octanol–water partition coefficient (Wildman–Crippen LogP) is 2.72. The van der Waals surface area contributed by atoms with Crippen LogP contribution in [0.15, 0.2) is 31.0 Å². The second-order valence-corrected chi connectivity index (χ2v) is 2.51. The zero-order valence-electron chi connectivity index (χ0n) is 7.51. The van der Waals surface area contributed by atoms with E-state index in [4.69, 9.17) is 4.74 Å². The van der Waals surface area contributed by atoms with Crippen LogP contribution >= 0.6 is 0 Å². The number of ether oxygens (including phenoxy) is 1. The van der Waals surface area contributed by atoms with Gasteiger partial charge in [0.2, 0.25) is 0 Å². The lowest BCUT2D eigenvalue weighted by Gasteiger charge is -2.07. The molecule has 3 heteroatoms. The standard InChI is InChI=1S/C10H12FNO/c1-3-12-9-4-5-10(13-2)8(6-9)7-11/h3-6,12H,1,7H2,2H3. The molecular weight excluding hydrogens is 169 g/mol. The molecular formula is C10H12FNO. The highest BCUT2D eigenvalue weighted by Gasteiger charge is 2.02. The topological polar surface area (TPSA) is 21.3 Å². The number of benzene rings is 1. The lowest BCUT2D eigenvalue weighted by molar-refractivity contribution is 0.394. The molecule has 13 heavy (non-hydrogen) atoms. The third kappa shape index (κ3) is 2.21. The Labute approximate surface area is 77.0 Å². The van der Waals surface area contributed by atoms with Gasteiger partial charge in [-0.3, -0.25) is 0 Å². The summed E-state index contributed by atoms with van der Waals surface area (Å²) < 4.78 is 17.4. The van der Waals surface area contributed by atoms with E-state index in [9.17, 15) is 4.39 Å². The van der Waals surface area contributed by atoms with Crippen LogP contribution in [0.3, 0.4) is 0 Å². The van der Waals surface area contributed by atoms with Crippen LogP contribution in [0.1, 0.15) is 5.56 Å². The molecule has 0 aliphatic carbocycles. The third-order valence-corrected chi connectivity index (χ3v) is 1.69. The summed E-state index contributed by atoms with van der Waals surface area (Å²) in [6.45, 7) is 2.99. The number of anilines is 1. The van der Waals surface area contributed by atoms with Crippen molar-refractivity contribution in [3.8, 4) is 5.75 Å². The van der Waals surface area contributed by atoms with Gasteiger partial charge in [0.05, 0.1) is 7.11 Å². The van der Waals surface area contributed by atoms with E-state index in [0.29, 0.717) is 11.3 Å². The number of alkyl halides is 1. The van der Waals surface area contributed by atoms with Crippen molar-refractivity contribution in [1.82, 2.24) is 0 Å². The minimum absolute atomic E-state index is 0.532. The van der Waals surface area contributed by atoms with Gasteiger partial charge in [0, 0.05) is 11.3 Å². The molecule has 0 fully saturated rings. The maximum Gasteiger partial charge on any atom is 0.124 e. The van der Waals surface area contributed by atoms with Crippen LogP contribution in [0.4, 0.5) is 10.1 Å². The van der Waals surface area contributed by atoms with Crippen LogP contribution in [-0.2, 0) is 6.67 Å². The van der Waals surface area contributed by atoms with Crippen LogP contribution in [0.25, 0.3) is 0 Å². The second-order valence-electron chi connectivity index (χ2n) is 2.51. The van der Waals surface area contributed by atoms with Gasteiger partial charge >= 0.3 is 0 Å². The normalized spacial score (nSPS) is 9.38. The Bertz CT molecular complexity index is 299. The maximum absolute atomic E-state index is 12.5. The van der Waals surface area contributed by atoms with E-state index in [2.05, 4.69) is 11.9 Å². The Balaban J connectivity index is 2.98. The van der Waals surface area contributed by atoms with Gasteiger partial charge in [0.25, 0.3) is 0 Å². The highest BCUT2D eigenvalue weighted by atomic mass is 19.1. The van der Waals surface area contributed by atoms with Crippen molar-refractivity contribution in [3.05, 3.63) is 36.5 Å². The van der Waals surface area contributed by atoms with Crippen LogP contribution in [-0.4, -0.2) is 7.11 Å². The van der Waals surface area contributed by atoms with Crippen molar-refractivity contribution in [1.29, 1.82) is 0 Å². The summed E-state index contributed by atoms with van der Waals surface area (Å²) in [5.74, 6) is 0.567. The molecule has 1 N–H and O–H groups in total. The first-order chi connectivity index (χ1) is 6.31. The molecule has 0 spiro atoms. The fourth-order valence-electron chi connectivity index (χ4n) is 1.09. The Kier molecular flexibility index (Phi) is 3.31. The SMILES string of the molecule is C=CNc1ccc(OC)c(CF)c1. The summed E-state index contributed by atoms with van der Waals surface area (Å²) in [5, 5.41) is 2.88. The van der Waals surface area contributed by atoms with Gasteiger partial charge in [-0.2, -0.15) is 0 Å². The average molecular weight is 181 g/mol. The molecule has 0 aromatic heterocycles. The largest absolute Gasteiger partial charge is 0.496 e. The molecule has 0 saturated carbocycles. The molecule has 0 saturated heterocycles. The molecule has 1 rings (SSSR count). The molecule has 1 aromatic carbocycles. The molecule has 2 nitrogen and oxygen atoms in total. The van der Waals surface area contributed by atoms with E-state index >= 15 is 0 Å². The van der Waals surface area contributed by atoms with Crippen LogP contribution in [0, 0.1) is 0 Å². The first-order valence-electron chi connectivity index (χ1n) is 3.92. The Morgan fingerprint density at radius 2 is 2.38 bits per heavy atom. The van der Waals surface area contributed by atoms with Gasteiger partial charge in [-0.1, -0.05) is 6.58 Å². The van der Waals surface area contributed by atoms with Gasteiger partial charge in [-0.15, -0.1) is 0 Å². The highest BCUT2D eigenvalue weighted by molar-refractivity contribution is 5.52. The fourth-order valence-corrected chi connectivity index (χ4v) is 1.09. The molecule has 0 amide bonds. The highest BCUT2D eigenvalue weighted by Crippen LogP contribution is 2.23. The van der Waals surface area contributed by atoms with E-state index in [0.717, 1.165) is 5.69 Å². The Hall–Kier alpha value is -1.51. The average Bonchev–Trinajstić information content (AvgIpc) is 2.18. The van der Waals surface area contributed by atoms with Crippen LogP contribution in [0.2, 0.25) is 0 Å². The maximum atomic E-state index is 12.5. The van der Waals surface area contributed by atoms with Crippen LogP contribution < -0.4 is 10.1 Å². The molecule has 0 bridgehead atoms. The number of halogens is 1. The van der Waals surface area contributed by atoms with Crippen molar-refractivity contribution in [3.63, 3.8) is 0 Å². The Morgan fingerprint density at radius 3 is 2.92 bits per heavy atom. The first kappa shape index (κ1) is 9.58. The number of methoxy groups -OCH3 is 1. The van der Waals surface area contributed by atoms with Gasteiger partial charge in [0.1, 0.15) is 12.4 Å². The summed E-state index contributed by atoms with van der Waals surface area (Å²) in [6.07, 6.45) is 1.55. The van der Waals surface area contributed by atoms with Crippen LogP contribution in [0.5, 0.6) is 5.75 Å². The second kappa shape index (κ2) is 4.50. The number of hydrogen-bond acceptors (Lipinski definition) is 2. The minimum atomic E-state index is -0.532. The van der Waals surface area contributed by atoms with Gasteiger partial charge in [0.15, 0.2) is 0 Å². The van der Waals surface area contributed by atoms with Gasteiger partial charge in [-0.25, -0.2) is 4.39 Å². The summed E-state index contributed by atoms with van der Waals surface area (Å²) in [6, 6.07) is 5.22. The molecule has 1 aromatic rings. The van der Waals surface area contributed by atoms with E-state index in [-0.39, 0.29) is 0 Å². The summed E-state index contributed by atoms with van der Waals surface area (Å²) in [7, 11) is 1.52. The lowest BCUT2D eigenvalue weighted by Crippen LogP contribution is -1.92. The summed E-state index contributed by atoms with van der Waals surface area (Å²) in [5.41, 5.74) is 1.35. The van der Waals surface area contributed by atoms with Gasteiger partial charge in [-0.05, 0) is 24.4 Å². The fraction of sp³-hybridized carbons (Fsp3) is 0.200. The molecule has 0 unspecified atom stereocenters. The lowest BCUT2D eigenvalue weighted by atomic mass is 10.2. The van der Waals surface area contributed by atoms with E-state index in [1.165, 1.54) is 7.11 Å². The molecule has 0 aliphatic rings. The van der Waals surface area contributed by atoms with Crippen molar-refractivity contribution in [2.45, 2.75) is 6.67 Å². The molecule has 0 atom stereocenters. The molecule has 0 heterocycles. The Morgan fingerprint density at radius 1 is 1.62 bits per heavy atom. The van der Waals surface area contributed by atoms with Crippen molar-refractivity contribution < 1.29 is 9.13 Å². The van der Waals surface area contributed by atoms with Crippen molar-refractivity contribution in [2.24, 2.45) is 0 Å². The zero-order chi connectivity index (χ0) is 9.68. The van der Waals surface area contributed by atoms with Gasteiger partial charge < -0.3 is 10.1 Å². The number of hydrogen-bond donors (Lipinski definition) is 1. The predicted molar refractivity (Wildman–Crippen MR) is 51.6 cm³/mol. The van der Waals surface area contributed by atoms with E-state index < -0.39 is 6.67 Å². The molecule has 0 radical (unpaired) electrons. The number of nitrogens with one attached hydrogen (secondary N) is 1. The van der Waals surface area contributed by atoms with E-state index in [1.807, 2.05) is 0 Å². The first-order valence-corrected chi connectivity index (χ1v) is 3.92. The molecule has 70 valence electrons. The summed E-state index contributed by atoms with van der Waals surface area (Å²) >= 11 is 0. The molecule has 0 aliphatic heterocycles.